The molecule has 0 aliphatic carbocycles. The van der Waals surface area contributed by atoms with Gasteiger partial charge >= 0.3 is 5.97 Å². The number of hydrogen-bond acceptors (Lipinski definition) is 3. The fraction of sp³-hybridized carbons (Fsp3) is 0.222. The summed E-state index contributed by atoms with van der Waals surface area (Å²) < 4.78 is 4.37. The van der Waals surface area contributed by atoms with E-state index in [4.69, 9.17) is 11.6 Å². The van der Waals surface area contributed by atoms with E-state index in [0.29, 0.717) is 10.6 Å². The molecule has 0 aliphatic heterocycles. The first-order valence-electron chi connectivity index (χ1n) is 3.66. The number of carbonyl (C=O) groups excluding carboxylic acids is 1. The van der Waals surface area contributed by atoms with E-state index in [1.165, 1.54) is 13.2 Å². The topological polar surface area (TPSA) is 46.5 Å². The summed E-state index contributed by atoms with van der Waals surface area (Å²) in [7, 11) is 1.22. The van der Waals surface area contributed by atoms with E-state index < -0.39 is 12.1 Å². The highest BCUT2D eigenvalue weighted by molar-refractivity contribution is 6.30. The maximum Gasteiger partial charge on any atom is 0.339 e. The number of esters is 1. The summed E-state index contributed by atoms with van der Waals surface area (Å²) in [5.41, 5.74) is 0.430. The van der Waals surface area contributed by atoms with Gasteiger partial charge in [0.1, 0.15) is 0 Å². The van der Waals surface area contributed by atoms with Gasteiger partial charge < -0.3 is 9.84 Å². The highest BCUT2D eigenvalue weighted by atomic mass is 35.5. The first-order chi connectivity index (χ1) is 6.15. The van der Waals surface area contributed by atoms with Crippen molar-refractivity contribution >= 4 is 17.6 Å². The molecule has 0 saturated heterocycles. The first-order valence-corrected chi connectivity index (χ1v) is 4.04. The van der Waals surface area contributed by atoms with Gasteiger partial charge in [-0.1, -0.05) is 23.7 Å². The maximum absolute atomic E-state index is 10.9. The van der Waals surface area contributed by atoms with E-state index in [1.54, 1.807) is 18.2 Å². The van der Waals surface area contributed by atoms with Gasteiger partial charge in [-0.15, -0.1) is 0 Å². The van der Waals surface area contributed by atoms with Gasteiger partial charge in [0.05, 0.1) is 7.11 Å². The summed E-state index contributed by atoms with van der Waals surface area (Å²) in [6.07, 6.45) is -1.26. The molecule has 0 unspecified atom stereocenters. The summed E-state index contributed by atoms with van der Waals surface area (Å²) in [6, 6.07) is 6.44. The predicted molar refractivity (Wildman–Crippen MR) is 48.4 cm³/mol. The zero-order valence-electron chi connectivity index (χ0n) is 7.03. The molecule has 0 aromatic heterocycles. The second-order valence-electron chi connectivity index (χ2n) is 2.48. The zero-order valence-corrected chi connectivity index (χ0v) is 7.78. The highest BCUT2D eigenvalue weighted by Crippen LogP contribution is 2.18. The van der Waals surface area contributed by atoms with Gasteiger partial charge in [0.2, 0.25) is 0 Å². The Kier molecular flexibility index (Phi) is 3.28. The van der Waals surface area contributed by atoms with Crippen LogP contribution in [0.2, 0.25) is 5.02 Å². The molecule has 1 aromatic carbocycles. The van der Waals surface area contributed by atoms with E-state index >= 15 is 0 Å². The van der Waals surface area contributed by atoms with Gasteiger partial charge in [-0.05, 0) is 17.7 Å². The van der Waals surface area contributed by atoms with Crippen LogP contribution in [0.25, 0.3) is 0 Å². The fourth-order valence-electron chi connectivity index (χ4n) is 0.924. The number of aliphatic hydroxyl groups is 1. The lowest BCUT2D eigenvalue weighted by Crippen LogP contribution is -2.13. The minimum Gasteiger partial charge on any atom is -0.467 e. The SMILES string of the molecule is COC(=O)[C@@H](O)c1cccc(Cl)c1. The van der Waals surface area contributed by atoms with Gasteiger partial charge in [-0.25, -0.2) is 4.79 Å². The Labute approximate surface area is 80.9 Å². The van der Waals surface area contributed by atoms with Crippen LogP contribution in [0.3, 0.4) is 0 Å². The van der Waals surface area contributed by atoms with Gasteiger partial charge in [-0.3, -0.25) is 0 Å². The third-order valence-corrected chi connectivity index (χ3v) is 1.82. The molecule has 0 saturated carbocycles. The first kappa shape index (κ1) is 10.0. The molecule has 0 spiro atoms. The maximum atomic E-state index is 10.9. The van der Waals surface area contributed by atoms with Crippen LogP contribution in [0, 0.1) is 0 Å². The third-order valence-electron chi connectivity index (χ3n) is 1.59. The number of halogens is 1. The van der Waals surface area contributed by atoms with Crippen LogP contribution in [0.15, 0.2) is 24.3 Å². The van der Waals surface area contributed by atoms with Gasteiger partial charge in [0, 0.05) is 5.02 Å². The van der Waals surface area contributed by atoms with Crippen LogP contribution in [0.4, 0.5) is 0 Å². The standard InChI is InChI=1S/C9H9ClO3/c1-13-9(12)8(11)6-3-2-4-7(10)5-6/h2-5,8,11H,1H3/t8-/m0/s1. The molecule has 3 nitrogen and oxygen atoms in total. The number of carbonyl (C=O) groups is 1. The summed E-state index contributed by atoms with van der Waals surface area (Å²) >= 11 is 5.67. The largest absolute Gasteiger partial charge is 0.467 e. The van der Waals surface area contributed by atoms with Crippen molar-refractivity contribution in [1.29, 1.82) is 0 Å². The molecule has 0 radical (unpaired) electrons. The molecule has 0 amide bonds. The van der Waals surface area contributed by atoms with Crippen molar-refractivity contribution in [3.05, 3.63) is 34.9 Å². The van der Waals surface area contributed by atoms with Gasteiger partial charge in [0.15, 0.2) is 6.10 Å². The molecular formula is C9H9ClO3. The molecule has 1 aromatic rings. The van der Waals surface area contributed by atoms with Crippen molar-refractivity contribution in [1.82, 2.24) is 0 Å². The Bertz CT molecular complexity index is 311. The lowest BCUT2D eigenvalue weighted by atomic mass is 10.1. The van der Waals surface area contributed by atoms with Gasteiger partial charge in [0.25, 0.3) is 0 Å². The summed E-state index contributed by atoms with van der Waals surface area (Å²) in [5.74, 6) is -0.692. The molecular weight excluding hydrogens is 192 g/mol. The fourth-order valence-corrected chi connectivity index (χ4v) is 1.12. The van der Waals surface area contributed by atoms with Crippen molar-refractivity contribution in [3.8, 4) is 0 Å². The molecule has 0 heterocycles. The minimum atomic E-state index is -1.26. The number of benzene rings is 1. The molecule has 0 fully saturated rings. The van der Waals surface area contributed by atoms with E-state index in [0.717, 1.165) is 0 Å². The monoisotopic (exact) mass is 200 g/mol. The van der Waals surface area contributed by atoms with Crippen LogP contribution in [0.5, 0.6) is 0 Å². The van der Waals surface area contributed by atoms with Crippen molar-refractivity contribution in [3.63, 3.8) is 0 Å². The second-order valence-corrected chi connectivity index (χ2v) is 2.92. The second kappa shape index (κ2) is 4.25. The predicted octanol–water partition coefficient (Wildman–Crippen LogP) is 1.55. The van der Waals surface area contributed by atoms with Crippen molar-refractivity contribution in [2.45, 2.75) is 6.10 Å². The van der Waals surface area contributed by atoms with Crippen LogP contribution in [0.1, 0.15) is 11.7 Å². The smallest absolute Gasteiger partial charge is 0.339 e. The quantitative estimate of drug-likeness (QED) is 0.737. The number of hydrogen-bond donors (Lipinski definition) is 1. The molecule has 70 valence electrons. The molecule has 4 heteroatoms. The van der Waals surface area contributed by atoms with Crippen LogP contribution >= 0.6 is 11.6 Å². The molecule has 0 bridgehead atoms. The Balaban J connectivity index is 2.88. The number of rotatable bonds is 2. The number of aliphatic hydroxyl groups excluding tert-OH is 1. The van der Waals surface area contributed by atoms with Crippen LogP contribution in [-0.4, -0.2) is 18.2 Å². The lowest BCUT2D eigenvalue weighted by Gasteiger charge is -2.07. The lowest BCUT2D eigenvalue weighted by molar-refractivity contribution is -0.150. The minimum absolute atomic E-state index is 0.430. The van der Waals surface area contributed by atoms with E-state index in [2.05, 4.69) is 4.74 Å². The average molecular weight is 201 g/mol. The van der Waals surface area contributed by atoms with Crippen LogP contribution < -0.4 is 0 Å². The Hall–Kier alpha value is -1.06. The highest BCUT2D eigenvalue weighted by Gasteiger charge is 2.17. The van der Waals surface area contributed by atoms with Gasteiger partial charge in [-0.2, -0.15) is 0 Å². The van der Waals surface area contributed by atoms with Crippen molar-refractivity contribution in [2.24, 2.45) is 0 Å². The number of ether oxygens (including phenoxy) is 1. The zero-order chi connectivity index (χ0) is 9.84. The summed E-state index contributed by atoms with van der Waals surface area (Å²) in [4.78, 5) is 10.9. The van der Waals surface area contributed by atoms with Crippen molar-refractivity contribution in [2.75, 3.05) is 7.11 Å². The normalized spacial score (nSPS) is 12.2. The average Bonchev–Trinajstić information content (AvgIpc) is 2.15. The third kappa shape index (κ3) is 2.44. The molecule has 0 aliphatic rings. The number of methoxy groups -OCH3 is 1. The molecule has 1 N–H and O–H groups in total. The molecule has 1 atom stereocenters. The van der Waals surface area contributed by atoms with E-state index in [-0.39, 0.29) is 0 Å². The Morgan fingerprint density at radius 1 is 1.62 bits per heavy atom. The van der Waals surface area contributed by atoms with Crippen molar-refractivity contribution < 1.29 is 14.6 Å². The summed E-state index contributed by atoms with van der Waals surface area (Å²) in [6.45, 7) is 0. The van der Waals surface area contributed by atoms with E-state index in [9.17, 15) is 9.90 Å². The Morgan fingerprint density at radius 3 is 2.85 bits per heavy atom. The van der Waals surface area contributed by atoms with Crippen LogP contribution in [-0.2, 0) is 9.53 Å². The Morgan fingerprint density at radius 2 is 2.31 bits per heavy atom. The molecule has 13 heavy (non-hydrogen) atoms. The molecule has 1 rings (SSSR count). The summed E-state index contributed by atoms with van der Waals surface area (Å²) in [5, 5.41) is 9.85. The van der Waals surface area contributed by atoms with E-state index in [1.807, 2.05) is 0 Å².